The van der Waals surface area contributed by atoms with Crippen molar-refractivity contribution in [3.05, 3.63) is 95.6 Å². The average Bonchev–Trinajstić information content (AvgIpc) is 2.81. The molecule has 1 heterocycles. The number of amides is 11. The van der Waals surface area contributed by atoms with Crippen LogP contribution in [0.25, 0.3) is 0 Å². The molecule has 0 spiro atoms. The van der Waals surface area contributed by atoms with Crippen molar-refractivity contribution in [2.45, 2.75) is 113 Å². The van der Waals surface area contributed by atoms with Gasteiger partial charge in [0.1, 0.15) is 60.4 Å². The van der Waals surface area contributed by atoms with Crippen LogP contribution in [0.1, 0.15) is 50.3 Å². The first-order chi connectivity index (χ1) is 42.0. The van der Waals surface area contributed by atoms with Crippen LogP contribution in [-0.2, 0) is 71.9 Å². The molecule has 0 saturated carbocycles. The van der Waals surface area contributed by atoms with Gasteiger partial charge in [0.25, 0.3) is 0 Å². The highest BCUT2D eigenvalue weighted by Gasteiger charge is 2.37. The number of carbonyl (C=O) groups excluding carboxylic acids is 10. The molecule has 0 bridgehead atoms. The molecule has 28 nitrogen and oxygen atoms in total. The molecular weight excluding hydrogens is 1180 g/mol. The van der Waals surface area contributed by atoms with Gasteiger partial charge in [-0.3, -0.25) is 43.2 Å². The fourth-order valence-corrected chi connectivity index (χ4v) is 9.33. The number of benzene rings is 3. The lowest BCUT2D eigenvalue weighted by molar-refractivity contribution is -0.137. The van der Waals surface area contributed by atoms with Crippen LogP contribution in [0.2, 0.25) is 0 Å². The lowest BCUT2D eigenvalue weighted by Crippen LogP contribution is -2.64. The Morgan fingerprint density at radius 2 is 1.27 bits per heavy atom. The number of nitrogens with two attached hydrogens (primary N) is 1. The fourth-order valence-electron chi connectivity index (χ4n) is 8.64. The fraction of sp³-hybridized carbons (Fsp3) is 0.517. The van der Waals surface area contributed by atoms with Crippen molar-refractivity contribution in [1.29, 1.82) is 0 Å². The zero-order valence-corrected chi connectivity index (χ0v) is 51.3. The Morgan fingerprint density at radius 3 is 1.88 bits per heavy atom. The average molecular weight is 1270 g/mol. The number of carbonyl (C=O) groups is 10. The van der Waals surface area contributed by atoms with Crippen LogP contribution >= 0.6 is 24.4 Å². The molecule has 1 fully saturated rings. The summed E-state index contributed by atoms with van der Waals surface area (Å²) >= 11 is 5.46. The van der Waals surface area contributed by atoms with Crippen molar-refractivity contribution in [2.24, 2.45) is 11.7 Å². The van der Waals surface area contributed by atoms with E-state index in [0.29, 0.717) is 35.3 Å². The van der Waals surface area contributed by atoms with E-state index in [4.69, 9.17) is 15.2 Å². The molecule has 2 unspecified atom stereocenters. The SMILES string of the molecule is CCC(C)[C@@H]1NC(=O)[C@H](Cc2ccccc2)NC(=O)[C@H](Cc2ccc(O)cc2)NC(=O)[C@@H](NC(=O)[C@@H](NC(=O)[C@H](CO)NC(=O)[C@H](Cc2ccc(O)cc2)NC(=O)COCCOCCNC(=O)[C@@H](N)CS)C(C)O)CNC(=O)NC[C@H](CCSC)NC1=O. The van der Waals surface area contributed by atoms with Crippen LogP contribution in [0.15, 0.2) is 78.9 Å². The van der Waals surface area contributed by atoms with Gasteiger partial charge in [0.2, 0.25) is 53.2 Å². The summed E-state index contributed by atoms with van der Waals surface area (Å²) in [5.74, 6) is -7.74. The maximum absolute atomic E-state index is 14.7. The molecule has 4 rings (SSSR count). The molecule has 88 heavy (non-hydrogen) atoms. The van der Waals surface area contributed by atoms with Gasteiger partial charge in [0.05, 0.1) is 38.6 Å². The van der Waals surface area contributed by atoms with Gasteiger partial charge in [-0.05, 0) is 72.2 Å². The third-order valence-corrected chi connectivity index (χ3v) is 15.0. The van der Waals surface area contributed by atoms with E-state index in [1.807, 2.05) is 13.2 Å². The van der Waals surface area contributed by atoms with Crippen molar-refractivity contribution in [1.82, 2.24) is 58.5 Å². The predicted octanol–water partition coefficient (Wildman–Crippen LogP) is -3.10. The third kappa shape index (κ3) is 25.5. The first kappa shape index (κ1) is 72.7. The maximum atomic E-state index is 14.7. The second-order valence-corrected chi connectivity index (χ2v) is 22.3. The van der Waals surface area contributed by atoms with Crippen LogP contribution in [0.3, 0.4) is 0 Å². The molecule has 0 aliphatic carbocycles. The smallest absolute Gasteiger partial charge is 0.314 e. The van der Waals surface area contributed by atoms with Crippen molar-refractivity contribution in [3.8, 4) is 11.5 Å². The molecule has 11 atom stereocenters. The van der Waals surface area contributed by atoms with Gasteiger partial charge in [-0.2, -0.15) is 24.4 Å². The molecule has 0 radical (unpaired) electrons. The summed E-state index contributed by atoms with van der Waals surface area (Å²) in [6.07, 6.45) is 0.435. The number of thioether (sulfide) groups is 1. The summed E-state index contributed by atoms with van der Waals surface area (Å²) < 4.78 is 10.8. The lowest BCUT2D eigenvalue weighted by atomic mass is 9.96. The first-order valence-electron chi connectivity index (χ1n) is 28.7. The van der Waals surface area contributed by atoms with Gasteiger partial charge in [-0.1, -0.05) is 74.9 Å². The highest BCUT2D eigenvalue weighted by molar-refractivity contribution is 7.98. The normalized spacial score (nSPS) is 19.9. The minimum Gasteiger partial charge on any atom is -0.508 e. The van der Waals surface area contributed by atoms with E-state index in [2.05, 4.69) is 71.1 Å². The number of ether oxygens (including phenoxy) is 2. The number of nitrogens with one attached hydrogen (secondary N) is 11. The molecule has 1 aliphatic heterocycles. The van der Waals surface area contributed by atoms with E-state index < -0.39 is 145 Å². The standard InChI is InChI=1S/C58H84N12O16S2/c1-5-33(2)48-56(82)63-38(19-24-88-4)28-61-58(84)62-29-45(54(80)66-43(27-37-13-17-40(74)18-14-37)52(78)65-44(53(79)69-48)25-35-9-7-6-8-10-35)67-57(83)49(34(3)72)70-55(81)46(30-71)68-51(77)42(26-36-11-15-39(73)16-12-36)64-47(75)31-86-23-22-85-21-20-60-50(76)41(59)32-87/h6-18,33-34,38,41-46,48-49,71-74,87H,5,19-32,59H2,1-4H3,(H,60,76)(H,63,82)(H,64,75)(H,65,78)(H,66,80)(H,67,83)(H,68,77)(H,69,79)(H,70,81)(H2,61,62,84)/t33?,34?,38-,41-,42-,43-,44-,45-,46-,48-,49-/m0/s1. The number of phenols is 2. The number of aliphatic hydroxyl groups is 2. The Bertz CT molecular complexity index is 2760. The van der Waals surface area contributed by atoms with Crippen molar-refractivity contribution >= 4 is 83.6 Å². The van der Waals surface area contributed by atoms with E-state index in [1.165, 1.54) is 60.3 Å². The van der Waals surface area contributed by atoms with Crippen LogP contribution in [0.5, 0.6) is 11.5 Å². The zero-order chi connectivity index (χ0) is 64.7. The van der Waals surface area contributed by atoms with Crippen molar-refractivity contribution < 1.29 is 77.8 Å². The number of rotatable bonds is 30. The summed E-state index contributed by atoms with van der Waals surface area (Å²) in [7, 11) is 0. The minimum absolute atomic E-state index is 0.0286. The molecule has 0 aromatic heterocycles. The van der Waals surface area contributed by atoms with Gasteiger partial charge >= 0.3 is 6.03 Å². The van der Waals surface area contributed by atoms with Crippen molar-refractivity contribution in [2.75, 3.05) is 70.4 Å². The molecule has 1 saturated heterocycles. The van der Waals surface area contributed by atoms with Crippen LogP contribution in [0.4, 0.5) is 4.79 Å². The van der Waals surface area contributed by atoms with Gasteiger partial charge in [0.15, 0.2) is 0 Å². The number of aliphatic hydroxyl groups excluding tert-OH is 2. The minimum atomic E-state index is -1.94. The van der Waals surface area contributed by atoms with Gasteiger partial charge in [0, 0.05) is 50.7 Å². The molecule has 3 aromatic rings. The van der Waals surface area contributed by atoms with Gasteiger partial charge in [-0.25, -0.2) is 4.79 Å². The number of phenolic OH excluding ortho intramolecular Hbond substituents is 2. The van der Waals surface area contributed by atoms with Crippen LogP contribution < -0.4 is 64.2 Å². The number of aromatic hydroxyl groups is 2. The van der Waals surface area contributed by atoms with E-state index in [1.54, 1.807) is 37.3 Å². The summed E-state index contributed by atoms with van der Waals surface area (Å²) in [5, 5.41) is 69.8. The molecular formula is C58H84N12O16S2. The number of urea groups is 1. The molecule has 3 aromatic carbocycles. The quantitative estimate of drug-likeness (QED) is 0.0232. The zero-order valence-electron chi connectivity index (χ0n) is 49.6. The molecule has 30 heteroatoms. The number of hydrogen-bond donors (Lipinski definition) is 17. The Hall–Kier alpha value is -7.74. The largest absolute Gasteiger partial charge is 0.508 e. The Labute approximate surface area is 520 Å². The summed E-state index contributed by atoms with van der Waals surface area (Å²) in [5.41, 5.74) is 7.12. The highest BCUT2D eigenvalue weighted by Crippen LogP contribution is 2.16. The summed E-state index contributed by atoms with van der Waals surface area (Å²) in [6, 6.07) is 6.75. The molecule has 484 valence electrons. The van der Waals surface area contributed by atoms with Crippen LogP contribution in [-0.4, -0.2) is 211 Å². The first-order valence-corrected chi connectivity index (χ1v) is 30.7. The molecule has 17 N–H and O–H groups in total. The van der Waals surface area contributed by atoms with E-state index in [-0.39, 0.29) is 69.4 Å². The van der Waals surface area contributed by atoms with Gasteiger partial charge in [-0.15, -0.1) is 0 Å². The second-order valence-electron chi connectivity index (χ2n) is 20.9. The van der Waals surface area contributed by atoms with E-state index in [9.17, 15) is 68.4 Å². The highest BCUT2D eigenvalue weighted by atomic mass is 32.2. The number of hydrogen-bond acceptors (Lipinski definition) is 19. The second kappa shape index (κ2) is 38.5. The Morgan fingerprint density at radius 1 is 0.693 bits per heavy atom. The molecule has 1 aliphatic rings. The van der Waals surface area contributed by atoms with Crippen LogP contribution in [0, 0.1) is 5.92 Å². The monoisotopic (exact) mass is 1270 g/mol. The van der Waals surface area contributed by atoms with Gasteiger partial charge < -0.3 is 94.1 Å². The number of thiol groups is 1. The van der Waals surface area contributed by atoms with Crippen molar-refractivity contribution in [3.63, 3.8) is 0 Å². The summed E-state index contributed by atoms with van der Waals surface area (Å²) in [4.78, 5) is 139. The Balaban J connectivity index is 1.60. The maximum Gasteiger partial charge on any atom is 0.314 e. The lowest BCUT2D eigenvalue weighted by Gasteiger charge is -2.30. The third-order valence-electron chi connectivity index (χ3n) is 13.9. The topological polar surface area (TPSA) is 428 Å². The van der Waals surface area contributed by atoms with E-state index >= 15 is 0 Å². The van der Waals surface area contributed by atoms with E-state index in [0.717, 1.165) is 6.92 Å². The predicted molar refractivity (Wildman–Crippen MR) is 328 cm³/mol. The Kier molecular flexibility index (Phi) is 31.8. The molecule has 11 amide bonds. The summed E-state index contributed by atoms with van der Waals surface area (Å²) in [6.45, 7) is 2.53.